The second-order valence-corrected chi connectivity index (χ2v) is 6.50. The van der Waals surface area contributed by atoms with E-state index in [1.54, 1.807) is 11.8 Å². The Kier molecular flexibility index (Phi) is 5.07. The van der Waals surface area contributed by atoms with E-state index in [1.807, 2.05) is 85.8 Å². The average Bonchev–Trinajstić information content (AvgIpc) is 3.22. The molecule has 0 saturated heterocycles. The van der Waals surface area contributed by atoms with Crippen LogP contribution in [0.25, 0.3) is 17.1 Å². The summed E-state index contributed by atoms with van der Waals surface area (Å²) >= 11 is 0. The van der Waals surface area contributed by atoms with Crippen LogP contribution in [-0.2, 0) is 0 Å². The molecule has 6 heteroatoms. The summed E-state index contributed by atoms with van der Waals surface area (Å²) < 4.78 is 6.91. The highest BCUT2D eigenvalue weighted by atomic mass is 16.5. The van der Waals surface area contributed by atoms with E-state index in [0.717, 1.165) is 28.3 Å². The van der Waals surface area contributed by atoms with E-state index in [1.165, 1.54) is 0 Å². The molecule has 0 aliphatic carbocycles. The van der Waals surface area contributed by atoms with Crippen molar-refractivity contribution in [2.45, 2.75) is 6.92 Å². The molecule has 0 saturated carbocycles. The maximum Gasteiger partial charge on any atom is 0.295 e. The molecule has 0 aliphatic heterocycles. The minimum absolute atomic E-state index is 0.0999. The Labute approximate surface area is 168 Å². The zero-order valence-corrected chi connectivity index (χ0v) is 16.2. The fourth-order valence-electron chi connectivity index (χ4n) is 2.98. The highest BCUT2D eigenvalue weighted by molar-refractivity contribution is 6.02. The summed E-state index contributed by atoms with van der Waals surface area (Å²) in [4.78, 5) is 17.4. The SMILES string of the molecule is COc1ccc(-c2nc(C(=O)Nc3ccccc3C)nn2-c2ccccc2)cc1. The number of rotatable bonds is 5. The second-order valence-electron chi connectivity index (χ2n) is 6.50. The molecule has 1 amide bonds. The van der Waals surface area contributed by atoms with E-state index in [4.69, 9.17) is 4.74 Å². The molecule has 3 aromatic carbocycles. The number of amides is 1. The van der Waals surface area contributed by atoms with Crippen molar-refractivity contribution in [1.29, 1.82) is 0 Å². The van der Waals surface area contributed by atoms with E-state index >= 15 is 0 Å². The summed E-state index contributed by atoms with van der Waals surface area (Å²) in [5.41, 5.74) is 3.36. The molecule has 4 rings (SSSR count). The van der Waals surface area contributed by atoms with Gasteiger partial charge in [0, 0.05) is 11.3 Å². The minimum atomic E-state index is -0.358. The number of benzene rings is 3. The molecule has 0 atom stereocenters. The van der Waals surface area contributed by atoms with Gasteiger partial charge in [0.05, 0.1) is 12.8 Å². The Morgan fingerprint density at radius 3 is 2.31 bits per heavy atom. The molecule has 144 valence electrons. The first kappa shape index (κ1) is 18.4. The molecular weight excluding hydrogens is 364 g/mol. The number of hydrogen-bond donors (Lipinski definition) is 1. The normalized spacial score (nSPS) is 10.6. The lowest BCUT2D eigenvalue weighted by molar-refractivity contribution is 0.101. The summed E-state index contributed by atoms with van der Waals surface area (Å²) in [6.45, 7) is 1.94. The molecule has 4 aromatic rings. The lowest BCUT2D eigenvalue weighted by Crippen LogP contribution is -2.15. The van der Waals surface area contributed by atoms with E-state index in [0.29, 0.717) is 5.82 Å². The molecule has 1 aromatic heterocycles. The van der Waals surface area contributed by atoms with Crippen LogP contribution in [0.15, 0.2) is 78.9 Å². The van der Waals surface area contributed by atoms with Crippen molar-refractivity contribution in [3.05, 3.63) is 90.3 Å². The van der Waals surface area contributed by atoms with Gasteiger partial charge in [-0.25, -0.2) is 9.67 Å². The fraction of sp³-hybridized carbons (Fsp3) is 0.0870. The van der Waals surface area contributed by atoms with E-state index in [-0.39, 0.29) is 11.7 Å². The summed E-state index contributed by atoms with van der Waals surface area (Å²) in [5, 5.41) is 7.38. The van der Waals surface area contributed by atoms with Crippen molar-refractivity contribution in [2.75, 3.05) is 12.4 Å². The lowest BCUT2D eigenvalue weighted by atomic mass is 10.2. The Hall–Kier alpha value is -3.93. The van der Waals surface area contributed by atoms with Crippen LogP contribution >= 0.6 is 0 Å². The second kappa shape index (κ2) is 7.98. The van der Waals surface area contributed by atoms with Crippen LogP contribution in [-0.4, -0.2) is 27.8 Å². The van der Waals surface area contributed by atoms with Crippen molar-refractivity contribution >= 4 is 11.6 Å². The van der Waals surface area contributed by atoms with Gasteiger partial charge in [-0.3, -0.25) is 4.79 Å². The van der Waals surface area contributed by atoms with Crippen molar-refractivity contribution in [3.63, 3.8) is 0 Å². The smallest absolute Gasteiger partial charge is 0.295 e. The number of aromatic nitrogens is 3. The van der Waals surface area contributed by atoms with Crippen molar-refractivity contribution in [1.82, 2.24) is 14.8 Å². The number of ether oxygens (including phenoxy) is 1. The minimum Gasteiger partial charge on any atom is -0.497 e. The van der Waals surface area contributed by atoms with Gasteiger partial charge in [0.1, 0.15) is 5.75 Å². The number of para-hydroxylation sites is 2. The monoisotopic (exact) mass is 384 g/mol. The summed E-state index contributed by atoms with van der Waals surface area (Å²) in [6.07, 6.45) is 0. The standard InChI is InChI=1S/C23H20N4O2/c1-16-8-6-7-11-20(16)24-23(28)21-25-22(17-12-14-19(29-2)15-13-17)27(26-21)18-9-4-3-5-10-18/h3-15H,1-2H3,(H,24,28). The Bertz CT molecular complexity index is 1140. The Morgan fingerprint density at radius 1 is 0.931 bits per heavy atom. The third-order valence-electron chi connectivity index (χ3n) is 4.55. The third kappa shape index (κ3) is 3.87. The molecule has 29 heavy (non-hydrogen) atoms. The average molecular weight is 384 g/mol. The van der Waals surface area contributed by atoms with Crippen LogP contribution in [0, 0.1) is 6.92 Å². The van der Waals surface area contributed by atoms with E-state index in [9.17, 15) is 4.79 Å². The van der Waals surface area contributed by atoms with Gasteiger partial charge in [-0.1, -0.05) is 36.4 Å². The summed E-state index contributed by atoms with van der Waals surface area (Å²) in [7, 11) is 1.62. The molecule has 6 nitrogen and oxygen atoms in total. The van der Waals surface area contributed by atoms with Crippen molar-refractivity contribution < 1.29 is 9.53 Å². The highest BCUT2D eigenvalue weighted by Crippen LogP contribution is 2.24. The topological polar surface area (TPSA) is 69.0 Å². The largest absolute Gasteiger partial charge is 0.497 e. The van der Waals surface area contributed by atoms with E-state index < -0.39 is 0 Å². The Morgan fingerprint density at radius 2 is 1.62 bits per heavy atom. The number of aryl methyl sites for hydroxylation is 1. The van der Waals surface area contributed by atoms with Gasteiger partial charge in [0.15, 0.2) is 5.82 Å². The molecular formula is C23H20N4O2. The van der Waals surface area contributed by atoms with Gasteiger partial charge in [0.2, 0.25) is 5.82 Å². The molecule has 0 bridgehead atoms. The van der Waals surface area contributed by atoms with Gasteiger partial charge in [-0.2, -0.15) is 0 Å². The van der Waals surface area contributed by atoms with Gasteiger partial charge in [0.25, 0.3) is 5.91 Å². The van der Waals surface area contributed by atoms with Crippen LogP contribution in [0.1, 0.15) is 16.2 Å². The lowest BCUT2D eigenvalue weighted by Gasteiger charge is -2.06. The molecule has 0 aliphatic rings. The molecule has 0 radical (unpaired) electrons. The third-order valence-corrected chi connectivity index (χ3v) is 4.55. The summed E-state index contributed by atoms with van der Waals surface area (Å²) in [6, 6.07) is 24.7. The number of carbonyl (C=O) groups excluding carboxylic acids is 1. The number of carbonyl (C=O) groups is 1. The predicted molar refractivity (Wildman–Crippen MR) is 112 cm³/mol. The highest BCUT2D eigenvalue weighted by Gasteiger charge is 2.19. The van der Waals surface area contributed by atoms with Crippen molar-refractivity contribution in [3.8, 4) is 22.8 Å². The number of hydrogen-bond acceptors (Lipinski definition) is 4. The molecule has 0 fully saturated rings. The number of methoxy groups -OCH3 is 1. The predicted octanol–water partition coefficient (Wildman–Crippen LogP) is 4.50. The molecule has 1 heterocycles. The fourth-order valence-corrected chi connectivity index (χ4v) is 2.98. The van der Waals surface area contributed by atoms with Crippen LogP contribution in [0.2, 0.25) is 0 Å². The maximum absolute atomic E-state index is 12.8. The Balaban J connectivity index is 1.75. The van der Waals surface area contributed by atoms with Crippen LogP contribution in [0.5, 0.6) is 5.75 Å². The number of nitrogens with one attached hydrogen (secondary N) is 1. The van der Waals surface area contributed by atoms with Gasteiger partial charge >= 0.3 is 0 Å². The van der Waals surface area contributed by atoms with Gasteiger partial charge in [-0.05, 0) is 55.0 Å². The maximum atomic E-state index is 12.8. The molecule has 1 N–H and O–H groups in total. The van der Waals surface area contributed by atoms with Gasteiger partial charge in [-0.15, -0.1) is 5.10 Å². The zero-order valence-electron chi connectivity index (χ0n) is 16.2. The number of nitrogens with zero attached hydrogens (tertiary/aromatic N) is 3. The first-order valence-electron chi connectivity index (χ1n) is 9.19. The number of anilines is 1. The van der Waals surface area contributed by atoms with Gasteiger partial charge < -0.3 is 10.1 Å². The summed E-state index contributed by atoms with van der Waals surface area (Å²) in [5.74, 6) is 1.07. The molecule has 0 unspecified atom stereocenters. The van der Waals surface area contributed by atoms with E-state index in [2.05, 4.69) is 15.4 Å². The first-order valence-corrected chi connectivity index (χ1v) is 9.19. The quantitative estimate of drug-likeness (QED) is 0.550. The molecule has 0 spiro atoms. The van der Waals surface area contributed by atoms with Crippen molar-refractivity contribution in [2.24, 2.45) is 0 Å². The van der Waals surface area contributed by atoms with Crippen LogP contribution in [0.3, 0.4) is 0 Å². The van der Waals surface area contributed by atoms with Crippen LogP contribution in [0.4, 0.5) is 5.69 Å². The first-order chi connectivity index (χ1) is 14.2. The zero-order chi connectivity index (χ0) is 20.2. The van der Waals surface area contributed by atoms with Crippen LogP contribution < -0.4 is 10.1 Å².